The molecule has 3 rings (SSSR count). The van der Waals surface area contributed by atoms with E-state index in [4.69, 9.17) is 0 Å². The number of hydrazine groups is 1. The zero-order valence-corrected chi connectivity index (χ0v) is 15.2. The Balaban J connectivity index is 1.73. The Kier molecular flexibility index (Phi) is 4.92. The van der Waals surface area contributed by atoms with Gasteiger partial charge >= 0.3 is 6.18 Å². The first kappa shape index (κ1) is 18.4. The third kappa shape index (κ3) is 3.59. The molecule has 3 heterocycles. The van der Waals surface area contributed by atoms with E-state index in [1.165, 1.54) is 12.8 Å². The quantitative estimate of drug-likeness (QED) is 0.803. The van der Waals surface area contributed by atoms with Gasteiger partial charge in [-0.3, -0.25) is 4.90 Å². The molecule has 3 aliphatic heterocycles. The Hall–Kier alpha value is -0.370. The van der Waals surface area contributed by atoms with Crippen LogP contribution in [0.4, 0.5) is 13.2 Å². The molecule has 3 saturated heterocycles. The first-order valence-electron chi connectivity index (χ1n) is 9.12. The molecule has 0 aromatic rings. The van der Waals surface area contributed by atoms with E-state index in [1.807, 2.05) is 0 Å². The smallest absolute Gasteiger partial charge is 0.301 e. The zero-order valence-electron chi connectivity index (χ0n) is 15.2. The molecule has 0 radical (unpaired) electrons. The lowest BCUT2D eigenvalue weighted by molar-refractivity contribution is -0.156. The number of rotatable bonds is 2. The molecule has 5 unspecified atom stereocenters. The van der Waals surface area contributed by atoms with E-state index < -0.39 is 12.2 Å². The lowest BCUT2D eigenvalue weighted by Gasteiger charge is -2.41. The summed E-state index contributed by atoms with van der Waals surface area (Å²) in [5.41, 5.74) is 2.74. The van der Waals surface area contributed by atoms with Gasteiger partial charge in [0.25, 0.3) is 0 Å². The maximum atomic E-state index is 13.0. The second-order valence-corrected chi connectivity index (χ2v) is 8.84. The summed E-state index contributed by atoms with van der Waals surface area (Å²) in [7, 11) is 1.74. The number of halogens is 3. The van der Waals surface area contributed by atoms with Gasteiger partial charge in [-0.15, -0.1) is 0 Å². The topological polar surface area (TPSA) is 30.5 Å². The van der Waals surface area contributed by atoms with E-state index in [9.17, 15) is 13.2 Å². The van der Waals surface area contributed by atoms with Crippen molar-refractivity contribution in [3.8, 4) is 0 Å². The van der Waals surface area contributed by atoms with Crippen LogP contribution in [0.5, 0.6) is 0 Å². The molecule has 0 aromatic carbocycles. The summed E-state index contributed by atoms with van der Waals surface area (Å²) in [4.78, 5) is 2.46. The predicted molar refractivity (Wildman–Crippen MR) is 88.2 cm³/mol. The van der Waals surface area contributed by atoms with Gasteiger partial charge in [0.05, 0.1) is 6.17 Å². The number of alkyl halides is 3. The van der Waals surface area contributed by atoms with Crippen molar-refractivity contribution in [2.45, 2.75) is 76.9 Å². The van der Waals surface area contributed by atoms with Crippen LogP contribution in [0.25, 0.3) is 0 Å². The molecule has 0 aliphatic carbocycles. The van der Waals surface area contributed by atoms with Crippen LogP contribution in [0, 0.1) is 11.3 Å². The highest BCUT2D eigenvalue weighted by Crippen LogP contribution is 2.42. The molecule has 4 nitrogen and oxygen atoms in total. The largest absolute Gasteiger partial charge is 0.405 e. The number of nitrogens with one attached hydrogen (secondary N) is 2. The summed E-state index contributed by atoms with van der Waals surface area (Å²) in [5, 5.41) is 5.30. The van der Waals surface area contributed by atoms with Crippen molar-refractivity contribution in [2.24, 2.45) is 11.3 Å². The Morgan fingerprint density at radius 2 is 1.83 bits per heavy atom. The van der Waals surface area contributed by atoms with Crippen LogP contribution in [-0.4, -0.2) is 60.5 Å². The van der Waals surface area contributed by atoms with E-state index in [0.29, 0.717) is 24.7 Å². The number of hydrogen-bond donors (Lipinski definition) is 2. The first-order chi connectivity index (χ1) is 11.1. The monoisotopic (exact) mass is 348 g/mol. The summed E-state index contributed by atoms with van der Waals surface area (Å²) in [5.74, 6) is 0.626. The number of hydrogen-bond acceptors (Lipinski definition) is 4. The van der Waals surface area contributed by atoms with E-state index in [1.54, 1.807) is 12.1 Å². The van der Waals surface area contributed by atoms with Gasteiger partial charge in [-0.25, -0.2) is 10.4 Å². The average molecular weight is 348 g/mol. The van der Waals surface area contributed by atoms with Gasteiger partial charge in [-0.1, -0.05) is 20.8 Å². The van der Waals surface area contributed by atoms with E-state index in [0.717, 1.165) is 13.0 Å². The van der Waals surface area contributed by atoms with Crippen molar-refractivity contribution in [2.75, 3.05) is 20.1 Å². The van der Waals surface area contributed by atoms with Gasteiger partial charge in [0.15, 0.2) is 0 Å². The second-order valence-electron chi connectivity index (χ2n) is 8.84. The fraction of sp³-hybridized carbons (Fsp3) is 1.00. The van der Waals surface area contributed by atoms with Crippen molar-refractivity contribution >= 4 is 0 Å². The predicted octanol–water partition coefficient (Wildman–Crippen LogP) is 2.57. The highest BCUT2D eigenvalue weighted by Gasteiger charge is 2.50. The molecule has 24 heavy (non-hydrogen) atoms. The fourth-order valence-corrected chi connectivity index (χ4v) is 4.76. The third-order valence-corrected chi connectivity index (χ3v) is 6.07. The number of likely N-dealkylation sites (tertiary alicyclic amines) is 1. The van der Waals surface area contributed by atoms with Crippen molar-refractivity contribution in [1.82, 2.24) is 20.7 Å². The van der Waals surface area contributed by atoms with Gasteiger partial charge in [0.1, 0.15) is 6.04 Å². The summed E-state index contributed by atoms with van der Waals surface area (Å²) < 4.78 is 39.1. The van der Waals surface area contributed by atoms with Crippen molar-refractivity contribution in [3.05, 3.63) is 0 Å². The van der Waals surface area contributed by atoms with Crippen LogP contribution >= 0.6 is 0 Å². The SMILES string of the molecule is CN1NC(C(F)(F)F)CC1CN1C2NCCCC2CC1C(C)(C)C. The summed E-state index contributed by atoms with van der Waals surface area (Å²) >= 11 is 0. The van der Waals surface area contributed by atoms with Gasteiger partial charge in [-0.2, -0.15) is 13.2 Å². The highest BCUT2D eigenvalue weighted by atomic mass is 19.4. The molecular weight excluding hydrogens is 317 g/mol. The van der Waals surface area contributed by atoms with Gasteiger partial charge < -0.3 is 5.32 Å². The number of likely N-dealkylation sites (N-methyl/N-ethyl adjacent to an activating group) is 1. The Morgan fingerprint density at radius 3 is 2.42 bits per heavy atom. The molecule has 5 atom stereocenters. The summed E-state index contributed by atoms with van der Waals surface area (Å²) in [6.45, 7) is 8.44. The van der Waals surface area contributed by atoms with Crippen molar-refractivity contribution < 1.29 is 13.2 Å². The summed E-state index contributed by atoms with van der Waals surface area (Å²) in [6.07, 6.45) is -0.152. The molecule has 0 saturated carbocycles. The van der Waals surface area contributed by atoms with Crippen LogP contribution in [0.3, 0.4) is 0 Å². The fourth-order valence-electron chi connectivity index (χ4n) is 4.76. The lowest BCUT2D eigenvalue weighted by Crippen LogP contribution is -2.55. The minimum Gasteiger partial charge on any atom is -0.301 e. The normalized spacial score (nSPS) is 39.4. The molecule has 2 N–H and O–H groups in total. The second kappa shape index (κ2) is 6.41. The molecule has 0 spiro atoms. The first-order valence-corrected chi connectivity index (χ1v) is 9.12. The minimum absolute atomic E-state index is 0.107. The van der Waals surface area contributed by atoms with Crippen LogP contribution < -0.4 is 10.7 Å². The van der Waals surface area contributed by atoms with Crippen LogP contribution in [-0.2, 0) is 0 Å². The maximum Gasteiger partial charge on any atom is 0.405 e. The average Bonchev–Trinajstić information content (AvgIpc) is 3.01. The van der Waals surface area contributed by atoms with Crippen molar-refractivity contribution in [3.63, 3.8) is 0 Å². The van der Waals surface area contributed by atoms with E-state index >= 15 is 0 Å². The molecule has 140 valence electrons. The van der Waals surface area contributed by atoms with E-state index in [-0.39, 0.29) is 17.9 Å². The summed E-state index contributed by atoms with van der Waals surface area (Å²) in [6, 6.07) is -1.11. The Morgan fingerprint density at radius 1 is 1.12 bits per heavy atom. The third-order valence-electron chi connectivity index (χ3n) is 6.07. The van der Waals surface area contributed by atoms with Crippen LogP contribution in [0.1, 0.15) is 46.5 Å². The molecule has 7 heteroatoms. The van der Waals surface area contributed by atoms with Crippen molar-refractivity contribution in [1.29, 1.82) is 0 Å². The van der Waals surface area contributed by atoms with E-state index in [2.05, 4.69) is 36.4 Å². The molecule has 0 amide bonds. The van der Waals surface area contributed by atoms with Gasteiger partial charge in [-0.05, 0) is 43.6 Å². The molecule has 0 aromatic heterocycles. The standard InChI is InChI=1S/C17H31F3N4/c1-16(2,3)14-8-11-6-5-7-21-15(11)24(14)10-12-9-13(17(18,19)20)22-23(12)4/h11-15,21-22H,5-10H2,1-4H3. The van der Waals surface area contributed by atoms with Crippen LogP contribution in [0.15, 0.2) is 0 Å². The zero-order chi connectivity index (χ0) is 17.7. The Bertz CT molecular complexity index is 448. The van der Waals surface area contributed by atoms with Crippen LogP contribution in [0.2, 0.25) is 0 Å². The van der Waals surface area contributed by atoms with Gasteiger partial charge in [0.2, 0.25) is 0 Å². The number of fused-ring (bicyclic) bond motifs is 1. The molecule has 3 aliphatic rings. The van der Waals surface area contributed by atoms with Gasteiger partial charge in [0, 0.05) is 25.7 Å². The maximum absolute atomic E-state index is 13.0. The molecule has 0 bridgehead atoms. The Labute approximate surface area is 143 Å². The number of piperidine rings is 1. The number of nitrogens with zero attached hydrogens (tertiary/aromatic N) is 2. The minimum atomic E-state index is -4.18. The highest BCUT2D eigenvalue weighted by molar-refractivity contribution is 5.01. The molecular formula is C17H31F3N4. The molecule has 3 fully saturated rings. The lowest BCUT2D eigenvalue weighted by atomic mass is 9.82.